The van der Waals surface area contributed by atoms with Crippen molar-refractivity contribution >= 4 is 57.6 Å². The molecule has 4 rings (SSSR count). The predicted octanol–water partition coefficient (Wildman–Crippen LogP) is 4.16. The first kappa shape index (κ1) is 17.0. The Labute approximate surface area is 161 Å². The molecule has 5 nitrogen and oxygen atoms in total. The summed E-state index contributed by atoms with van der Waals surface area (Å²) in [6.45, 7) is 0.393. The van der Waals surface area contributed by atoms with Crippen LogP contribution in [0.25, 0.3) is 16.6 Å². The Morgan fingerprint density at radius 2 is 2.00 bits per heavy atom. The number of fused-ring (bicyclic) bond motifs is 3. The molecule has 2 aromatic carbocycles. The molecule has 2 N–H and O–H groups in total. The van der Waals surface area contributed by atoms with Crippen molar-refractivity contribution in [2.24, 2.45) is 0 Å². The molecule has 8 heteroatoms. The molecule has 4 aromatic rings. The van der Waals surface area contributed by atoms with E-state index in [1.165, 1.54) is 0 Å². The van der Waals surface area contributed by atoms with E-state index in [0.717, 1.165) is 16.9 Å². The second-order valence-corrected chi connectivity index (χ2v) is 7.75. The predicted molar refractivity (Wildman–Crippen MR) is 107 cm³/mol. The van der Waals surface area contributed by atoms with Crippen molar-refractivity contribution in [2.75, 3.05) is 0 Å². The van der Waals surface area contributed by atoms with Gasteiger partial charge in [-0.05, 0) is 36.0 Å². The molecule has 0 saturated heterocycles. The van der Waals surface area contributed by atoms with Gasteiger partial charge in [-0.1, -0.05) is 53.3 Å². The fourth-order valence-corrected chi connectivity index (χ4v) is 4.25. The molecule has 2 aromatic heterocycles. The standard InChI is InChI=1S/C18H12ClN3O2S2/c19-11-6-7-13-12(8-11)16(23)21-15-14(26-18(25)22(13)15)17(24)20-9-10-4-2-1-3-5-10/h1-8H,9H2,(H,20,24)(H,21,23). The van der Waals surface area contributed by atoms with Gasteiger partial charge in [0.15, 0.2) is 3.95 Å². The van der Waals surface area contributed by atoms with E-state index in [9.17, 15) is 9.59 Å². The SMILES string of the molecule is O=C(NCc1ccccc1)c1sc(=S)n2c1[nH]c(=O)c1cc(Cl)ccc12. The number of benzene rings is 2. The first-order chi connectivity index (χ1) is 12.5. The molecule has 0 atom stereocenters. The number of aromatic amines is 1. The number of rotatable bonds is 3. The van der Waals surface area contributed by atoms with Crippen LogP contribution in [0.3, 0.4) is 0 Å². The van der Waals surface area contributed by atoms with Crippen LogP contribution in [-0.4, -0.2) is 15.3 Å². The van der Waals surface area contributed by atoms with Gasteiger partial charge in [0.05, 0.1) is 10.9 Å². The fourth-order valence-electron chi connectivity index (χ4n) is 2.78. The minimum Gasteiger partial charge on any atom is -0.347 e. The Kier molecular flexibility index (Phi) is 4.36. The Morgan fingerprint density at radius 1 is 1.23 bits per heavy atom. The summed E-state index contributed by atoms with van der Waals surface area (Å²) in [5, 5.41) is 3.76. The molecule has 2 heterocycles. The van der Waals surface area contributed by atoms with Gasteiger partial charge in [0.1, 0.15) is 10.5 Å². The van der Waals surface area contributed by atoms with Gasteiger partial charge in [0.2, 0.25) is 0 Å². The summed E-state index contributed by atoms with van der Waals surface area (Å²) in [5.74, 6) is -0.281. The summed E-state index contributed by atoms with van der Waals surface area (Å²) in [6, 6.07) is 14.6. The average Bonchev–Trinajstić information content (AvgIpc) is 2.97. The van der Waals surface area contributed by atoms with Crippen LogP contribution in [0.5, 0.6) is 0 Å². The topological polar surface area (TPSA) is 66.4 Å². The van der Waals surface area contributed by atoms with Crippen LogP contribution in [0.1, 0.15) is 15.2 Å². The second-order valence-electron chi connectivity index (χ2n) is 5.66. The number of carbonyl (C=O) groups is 1. The molecule has 0 bridgehead atoms. The first-order valence-electron chi connectivity index (χ1n) is 7.74. The molecule has 130 valence electrons. The van der Waals surface area contributed by atoms with Crippen molar-refractivity contribution in [3.05, 3.63) is 78.3 Å². The van der Waals surface area contributed by atoms with E-state index in [0.29, 0.717) is 36.9 Å². The van der Waals surface area contributed by atoms with E-state index in [4.69, 9.17) is 23.8 Å². The number of H-pyrrole nitrogens is 1. The smallest absolute Gasteiger partial charge is 0.265 e. The minimum atomic E-state index is -0.313. The van der Waals surface area contributed by atoms with Gasteiger partial charge in [-0.15, -0.1) is 0 Å². The Morgan fingerprint density at radius 3 is 2.77 bits per heavy atom. The fraction of sp³-hybridized carbons (Fsp3) is 0.0556. The van der Waals surface area contributed by atoms with Gasteiger partial charge in [-0.2, -0.15) is 0 Å². The van der Waals surface area contributed by atoms with Crippen molar-refractivity contribution in [3.8, 4) is 0 Å². The summed E-state index contributed by atoms with van der Waals surface area (Å²) < 4.78 is 2.18. The maximum atomic E-state index is 12.6. The summed E-state index contributed by atoms with van der Waals surface area (Å²) >= 11 is 12.6. The molecular formula is C18H12ClN3O2S2. The highest BCUT2D eigenvalue weighted by molar-refractivity contribution is 7.73. The monoisotopic (exact) mass is 401 g/mol. The molecule has 0 saturated carbocycles. The summed E-state index contributed by atoms with van der Waals surface area (Å²) in [4.78, 5) is 28.2. The van der Waals surface area contributed by atoms with Gasteiger partial charge in [0, 0.05) is 11.6 Å². The highest BCUT2D eigenvalue weighted by Gasteiger charge is 2.18. The van der Waals surface area contributed by atoms with Crippen LogP contribution in [0.15, 0.2) is 53.3 Å². The quantitative estimate of drug-likeness (QED) is 0.507. The van der Waals surface area contributed by atoms with Crippen LogP contribution in [-0.2, 0) is 6.54 Å². The van der Waals surface area contributed by atoms with E-state index in [2.05, 4.69) is 10.3 Å². The van der Waals surface area contributed by atoms with E-state index in [1.807, 2.05) is 30.3 Å². The van der Waals surface area contributed by atoms with Crippen LogP contribution in [0, 0.1) is 3.95 Å². The lowest BCUT2D eigenvalue weighted by atomic mass is 10.2. The van der Waals surface area contributed by atoms with Crippen LogP contribution >= 0.6 is 35.2 Å². The largest absolute Gasteiger partial charge is 0.347 e. The molecule has 0 aliphatic carbocycles. The molecule has 26 heavy (non-hydrogen) atoms. The lowest BCUT2D eigenvalue weighted by molar-refractivity contribution is 0.0956. The van der Waals surface area contributed by atoms with E-state index in [-0.39, 0.29) is 11.5 Å². The number of hydrogen-bond acceptors (Lipinski definition) is 4. The molecule has 1 amide bonds. The average molecular weight is 402 g/mol. The lowest BCUT2D eigenvalue weighted by Gasteiger charge is -2.05. The maximum Gasteiger partial charge on any atom is 0.265 e. The molecule has 0 spiro atoms. The first-order valence-corrected chi connectivity index (χ1v) is 9.34. The number of nitrogens with zero attached hydrogens (tertiary/aromatic N) is 1. The van der Waals surface area contributed by atoms with Crippen molar-refractivity contribution in [2.45, 2.75) is 6.54 Å². The lowest BCUT2D eigenvalue weighted by Crippen LogP contribution is -2.23. The summed E-state index contributed by atoms with van der Waals surface area (Å²) in [7, 11) is 0. The van der Waals surface area contributed by atoms with Crippen molar-refractivity contribution in [1.82, 2.24) is 14.7 Å². The number of carbonyl (C=O) groups excluding carboxylic acids is 1. The molecule has 0 unspecified atom stereocenters. The molecule has 0 aliphatic heterocycles. The zero-order valence-corrected chi connectivity index (χ0v) is 15.7. The second kappa shape index (κ2) is 6.68. The van der Waals surface area contributed by atoms with Crippen molar-refractivity contribution in [1.29, 1.82) is 0 Å². The summed E-state index contributed by atoms with van der Waals surface area (Å²) in [6.07, 6.45) is 0. The minimum absolute atomic E-state index is 0.281. The number of nitrogens with one attached hydrogen (secondary N) is 2. The third-order valence-corrected chi connectivity index (χ3v) is 5.60. The van der Waals surface area contributed by atoms with Gasteiger partial charge >= 0.3 is 0 Å². The normalized spacial score (nSPS) is 11.1. The van der Waals surface area contributed by atoms with Gasteiger partial charge < -0.3 is 10.3 Å². The third kappa shape index (κ3) is 2.94. The number of thiazole rings is 1. The van der Waals surface area contributed by atoms with E-state index >= 15 is 0 Å². The Balaban J connectivity index is 1.80. The molecular weight excluding hydrogens is 390 g/mol. The van der Waals surface area contributed by atoms with Gasteiger partial charge in [0.25, 0.3) is 11.5 Å². The van der Waals surface area contributed by atoms with Gasteiger partial charge in [-0.25, -0.2) is 0 Å². The number of hydrogen-bond donors (Lipinski definition) is 2. The highest BCUT2D eigenvalue weighted by atomic mass is 35.5. The van der Waals surface area contributed by atoms with E-state index in [1.54, 1.807) is 22.6 Å². The highest BCUT2D eigenvalue weighted by Crippen LogP contribution is 2.24. The van der Waals surface area contributed by atoms with Crippen molar-refractivity contribution < 1.29 is 4.79 Å². The third-order valence-electron chi connectivity index (χ3n) is 3.99. The zero-order chi connectivity index (χ0) is 18.3. The Hall–Kier alpha value is -2.48. The Bertz CT molecular complexity index is 1260. The summed E-state index contributed by atoms with van der Waals surface area (Å²) in [5.41, 5.74) is 1.69. The van der Waals surface area contributed by atoms with Crippen LogP contribution < -0.4 is 10.9 Å². The molecule has 0 aliphatic rings. The maximum absolute atomic E-state index is 12.6. The van der Waals surface area contributed by atoms with Crippen LogP contribution in [0.4, 0.5) is 0 Å². The van der Waals surface area contributed by atoms with Crippen molar-refractivity contribution in [3.63, 3.8) is 0 Å². The molecule has 0 radical (unpaired) electrons. The van der Waals surface area contributed by atoms with E-state index < -0.39 is 0 Å². The van der Waals surface area contributed by atoms with Crippen LogP contribution in [0.2, 0.25) is 5.02 Å². The zero-order valence-electron chi connectivity index (χ0n) is 13.3. The van der Waals surface area contributed by atoms with Gasteiger partial charge in [-0.3, -0.25) is 14.0 Å². The number of halogens is 1. The molecule has 0 fully saturated rings. The number of amides is 1. The number of aromatic nitrogens is 2.